The number of carbonyl (C=O) groups is 1. The van der Waals surface area contributed by atoms with E-state index in [1.54, 1.807) is 16.7 Å². The average molecular weight is 395 g/mol. The number of aromatic nitrogens is 3. The van der Waals surface area contributed by atoms with Crippen molar-refractivity contribution in [3.05, 3.63) is 34.9 Å². The van der Waals surface area contributed by atoms with Gasteiger partial charge in [-0.1, -0.05) is 12.2 Å². The number of fused-ring (bicyclic) bond motifs is 1. The number of aryl methyl sites for hydroxylation is 1. The number of furan rings is 1. The molecule has 0 bridgehead atoms. The first-order valence-electron chi connectivity index (χ1n) is 7.73. The van der Waals surface area contributed by atoms with Crippen molar-refractivity contribution in [2.45, 2.75) is 19.1 Å². The van der Waals surface area contributed by atoms with Crippen molar-refractivity contribution in [1.82, 2.24) is 19.9 Å². The SMILES string of the molecule is N#Cc1c(-c2ccco2)n(CCCNC(=O)C(F)(F)F)c2c(=S)nc[nH]c12. The lowest BCUT2D eigenvalue weighted by Gasteiger charge is -2.11. The Morgan fingerprint density at radius 2 is 2.26 bits per heavy atom. The van der Waals surface area contributed by atoms with Crippen molar-refractivity contribution in [3.63, 3.8) is 0 Å². The van der Waals surface area contributed by atoms with Crippen LogP contribution in [-0.2, 0) is 11.3 Å². The molecule has 0 saturated carbocycles. The maximum Gasteiger partial charge on any atom is 0.471 e. The van der Waals surface area contributed by atoms with Crippen LogP contribution in [0.25, 0.3) is 22.5 Å². The summed E-state index contributed by atoms with van der Waals surface area (Å²) in [6.07, 6.45) is -1.95. The van der Waals surface area contributed by atoms with E-state index in [9.17, 15) is 23.2 Å². The number of alkyl halides is 3. The molecule has 140 valence electrons. The van der Waals surface area contributed by atoms with Crippen molar-refractivity contribution in [2.75, 3.05) is 6.54 Å². The number of hydrogen-bond acceptors (Lipinski definition) is 5. The Balaban J connectivity index is 1.97. The lowest BCUT2D eigenvalue weighted by molar-refractivity contribution is -0.173. The lowest BCUT2D eigenvalue weighted by Crippen LogP contribution is -2.37. The fourth-order valence-electron chi connectivity index (χ4n) is 2.74. The van der Waals surface area contributed by atoms with Gasteiger partial charge in [0.2, 0.25) is 0 Å². The van der Waals surface area contributed by atoms with Gasteiger partial charge in [0.15, 0.2) is 10.4 Å². The Morgan fingerprint density at radius 3 is 2.89 bits per heavy atom. The number of amides is 1. The van der Waals surface area contributed by atoms with Gasteiger partial charge < -0.3 is 19.3 Å². The lowest BCUT2D eigenvalue weighted by atomic mass is 10.2. The van der Waals surface area contributed by atoms with E-state index in [0.29, 0.717) is 22.5 Å². The van der Waals surface area contributed by atoms with Crippen molar-refractivity contribution >= 4 is 29.2 Å². The average Bonchev–Trinajstić information content (AvgIpc) is 3.23. The van der Waals surface area contributed by atoms with Crippen LogP contribution in [0.15, 0.2) is 29.1 Å². The van der Waals surface area contributed by atoms with E-state index in [0.717, 1.165) is 0 Å². The van der Waals surface area contributed by atoms with Crippen LogP contribution in [0, 0.1) is 16.0 Å². The summed E-state index contributed by atoms with van der Waals surface area (Å²) in [5.41, 5.74) is 1.66. The summed E-state index contributed by atoms with van der Waals surface area (Å²) >= 11 is 5.25. The maximum absolute atomic E-state index is 12.3. The Morgan fingerprint density at radius 1 is 1.48 bits per heavy atom. The molecule has 3 aromatic heterocycles. The Bertz CT molecular complexity index is 1080. The second-order valence-corrected chi connectivity index (χ2v) is 5.89. The van der Waals surface area contributed by atoms with E-state index >= 15 is 0 Å². The molecule has 0 fully saturated rings. The highest BCUT2D eigenvalue weighted by atomic mass is 32.1. The number of aromatic amines is 1. The maximum atomic E-state index is 12.3. The second-order valence-electron chi connectivity index (χ2n) is 5.50. The fraction of sp³-hybridized carbons (Fsp3) is 0.250. The molecule has 0 radical (unpaired) electrons. The summed E-state index contributed by atoms with van der Waals surface area (Å²) in [5, 5.41) is 11.4. The molecule has 0 atom stereocenters. The molecule has 3 rings (SSSR count). The fourth-order valence-corrected chi connectivity index (χ4v) is 3.00. The normalized spacial score (nSPS) is 11.5. The van der Waals surface area contributed by atoms with Crippen molar-refractivity contribution in [2.24, 2.45) is 0 Å². The Kier molecular flexibility index (Phi) is 5.00. The topological polar surface area (TPSA) is 99.6 Å². The van der Waals surface area contributed by atoms with Crippen LogP contribution >= 0.6 is 12.2 Å². The van der Waals surface area contributed by atoms with Gasteiger partial charge in [-0.25, -0.2) is 4.98 Å². The molecule has 0 aliphatic heterocycles. The molecule has 0 aliphatic rings. The Hall–Kier alpha value is -3.13. The minimum Gasteiger partial charge on any atom is -0.463 e. The minimum atomic E-state index is -4.93. The second kappa shape index (κ2) is 7.24. The van der Waals surface area contributed by atoms with Crippen LogP contribution in [0.1, 0.15) is 12.0 Å². The van der Waals surface area contributed by atoms with Gasteiger partial charge in [-0.05, 0) is 18.6 Å². The van der Waals surface area contributed by atoms with Crippen LogP contribution in [0.5, 0.6) is 0 Å². The number of rotatable bonds is 5. The van der Waals surface area contributed by atoms with Crippen molar-refractivity contribution in [1.29, 1.82) is 5.26 Å². The van der Waals surface area contributed by atoms with E-state index in [1.807, 2.05) is 5.32 Å². The van der Waals surface area contributed by atoms with Gasteiger partial charge in [0, 0.05) is 13.1 Å². The third-order valence-electron chi connectivity index (χ3n) is 3.82. The first-order valence-corrected chi connectivity index (χ1v) is 8.14. The minimum absolute atomic E-state index is 0.174. The molecule has 11 heteroatoms. The van der Waals surface area contributed by atoms with Crippen molar-refractivity contribution < 1.29 is 22.4 Å². The zero-order chi connectivity index (χ0) is 19.6. The molecule has 0 spiro atoms. The van der Waals surface area contributed by atoms with Crippen LogP contribution in [0.4, 0.5) is 13.2 Å². The number of carbonyl (C=O) groups excluding carboxylic acids is 1. The smallest absolute Gasteiger partial charge is 0.463 e. The first-order chi connectivity index (χ1) is 12.8. The summed E-state index contributed by atoms with van der Waals surface area (Å²) in [6.45, 7) is -0.0102. The van der Waals surface area contributed by atoms with Crippen LogP contribution in [0.3, 0.4) is 0 Å². The van der Waals surface area contributed by atoms with Gasteiger partial charge in [0.05, 0.1) is 18.1 Å². The van der Waals surface area contributed by atoms with Crippen molar-refractivity contribution in [3.8, 4) is 17.5 Å². The van der Waals surface area contributed by atoms with Gasteiger partial charge in [-0.2, -0.15) is 18.4 Å². The van der Waals surface area contributed by atoms with E-state index in [-0.39, 0.29) is 29.7 Å². The summed E-state index contributed by atoms with van der Waals surface area (Å²) in [6, 6.07) is 5.41. The number of halogens is 3. The van der Waals surface area contributed by atoms with E-state index < -0.39 is 12.1 Å². The molecule has 3 heterocycles. The highest BCUT2D eigenvalue weighted by Gasteiger charge is 2.38. The number of nitrogens with one attached hydrogen (secondary N) is 2. The first kappa shape index (κ1) is 18.7. The van der Waals surface area contributed by atoms with Crippen LogP contribution in [0.2, 0.25) is 0 Å². The number of hydrogen-bond donors (Lipinski definition) is 2. The number of H-pyrrole nitrogens is 1. The number of nitrogens with zero attached hydrogens (tertiary/aromatic N) is 3. The zero-order valence-corrected chi connectivity index (χ0v) is 14.4. The standard InChI is InChI=1S/C16H12F3N5O2S/c17-16(18,19)15(25)21-4-2-5-24-12(10-3-1-6-26-10)9(7-20)11-13(24)14(27)23-8-22-11/h1,3,6,8H,2,4-5H2,(H,21,25)(H,22,23,27). The van der Waals surface area contributed by atoms with Gasteiger partial charge in [-0.3, -0.25) is 4.79 Å². The molecule has 0 aliphatic carbocycles. The highest BCUT2D eigenvalue weighted by molar-refractivity contribution is 7.71. The summed E-state index contributed by atoms with van der Waals surface area (Å²) in [4.78, 5) is 17.8. The van der Waals surface area contributed by atoms with E-state index in [2.05, 4.69) is 16.0 Å². The van der Waals surface area contributed by atoms with Gasteiger partial charge in [0.1, 0.15) is 22.8 Å². The molecular weight excluding hydrogens is 383 g/mol. The quantitative estimate of drug-likeness (QED) is 0.510. The van der Waals surface area contributed by atoms with Crippen LogP contribution < -0.4 is 5.32 Å². The molecular formula is C16H12F3N5O2S. The van der Waals surface area contributed by atoms with Gasteiger partial charge >= 0.3 is 12.1 Å². The molecule has 2 N–H and O–H groups in total. The van der Waals surface area contributed by atoms with Crippen LogP contribution in [-0.4, -0.2) is 33.2 Å². The zero-order valence-electron chi connectivity index (χ0n) is 13.6. The molecule has 1 amide bonds. The Labute approximate surface area is 155 Å². The highest BCUT2D eigenvalue weighted by Crippen LogP contribution is 2.33. The number of nitriles is 1. The third kappa shape index (κ3) is 3.56. The van der Waals surface area contributed by atoms with Gasteiger partial charge in [-0.15, -0.1) is 0 Å². The summed E-state index contributed by atoms with van der Waals surface area (Å²) in [5.74, 6) is -1.59. The molecule has 0 aromatic carbocycles. The third-order valence-corrected chi connectivity index (χ3v) is 4.12. The van der Waals surface area contributed by atoms with E-state index in [4.69, 9.17) is 16.6 Å². The predicted molar refractivity (Wildman–Crippen MR) is 91.0 cm³/mol. The summed E-state index contributed by atoms with van der Waals surface area (Å²) < 4.78 is 44.1. The molecule has 0 saturated heterocycles. The van der Waals surface area contributed by atoms with E-state index in [1.165, 1.54) is 12.6 Å². The molecule has 7 nitrogen and oxygen atoms in total. The monoisotopic (exact) mass is 395 g/mol. The van der Waals surface area contributed by atoms with Gasteiger partial charge in [0.25, 0.3) is 0 Å². The largest absolute Gasteiger partial charge is 0.471 e. The molecule has 3 aromatic rings. The summed E-state index contributed by atoms with van der Waals surface area (Å²) in [7, 11) is 0. The predicted octanol–water partition coefficient (Wildman–Crippen LogP) is 3.29. The molecule has 27 heavy (non-hydrogen) atoms. The molecule has 0 unspecified atom stereocenters.